The Morgan fingerprint density at radius 3 is 2.94 bits per heavy atom. The summed E-state index contributed by atoms with van der Waals surface area (Å²) >= 11 is 1.60. The number of carbonyl (C=O) groups is 1. The average molecular weight is 477 g/mol. The van der Waals surface area contributed by atoms with Crippen LogP contribution in [0.4, 0.5) is 0 Å². The van der Waals surface area contributed by atoms with Crippen molar-refractivity contribution in [1.82, 2.24) is 19.7 Å². The lowest BCUT2D eigenvalue weighted by atomic mass is 10.1. The molecule has 8 heteroatoms. The molecule has 176 valence electrons. The van der Waals surface area contributed by atoms with E-state index in [9.17, 15) is 4.79 Å². The highest BCUT2D eigenvalue weighted by molar-refractivity contribution is 7.98. The van der Waals surface area contributed by atoms with Gasteiger partial charge in [-0.25, -0.2) is 0 Å². The standard InChI is InChI=1S/C26H28N4O3S/c1-3-32-24-11-10-18(17(2)31)13-19(24)16-34-26-29-28-25(30(26)15-20-7-6-12-33-20)22-14-27-23-9-5-4-8-21(22)23/h4-5,8-11,13-14,20,27H,3,6-7,12,15-16H2,1-2H3. The maximum atomic E-state index is 11.9. The fourth-order valence-electron chi connectivity index (χ4n) is 4.36. The zero-order chi connectivity index (χ0) is 23.5. The number of H-pyrrole nitrogens is 1. The van der Waals surface area contributed by atoms with Gasteiger partial charge >= 0.3 is 0 Å². The molecular weight excluding hydrogens is 448 g/mol. The summed E-state index contributed by atoms with van der Waals surface area (Å²) in [5.41, 5.74) is 3.75. The third-order valence-electron chi connectivity index (χ3n) is 6.08. The quantitative estimate of drug-likeness (QED) is 0.254. The van der Waals surface area contributed by atoms with Crippen LogP contribution in [0.3, 0.4) is 0 Å². The number of thioether (sulfide) groups is 1. The highest BCUT2D eigenvalue weighted by Gasteiger charge is 2.23. The normalized spacial score (nSPS) is 15.8. The van der Waals surface area contributed by atoms with Crippen molar-refractivity contribution in [1.29, 1.82) is 0 Å². The number of ether oxygens (including phenoxy) is 2. The van der Waals surface area contributed by atoms with Crippen LogP contribution in [0.2, 0.25) is 0 Å². The molecule has 7 nitrogen and oxygen atoms in total. The van der Waals surface area contributed by atoms with Gasteiger partial charge in [0.25, 0.3) is 0 Å². The van der Waals surface area contributed by atoms with E-state index in [2.05, 4.69) is 31.9 Å². The molecule has 1 aliphatic rings. The molecule has 5 rings (SSSR count). The summed E-state index contributed by atoms with van der Waals surface area (Å²) in [6, 6.07) is 13.8. The Kier molecular flexibility index (Phi) is 6.69. The van der Waals surface area contributed by atoms with Crippen molar-refractivity contribution in [3.63, 3.8) is 0 Å². The Morgan fingerprint density at radius 2 is 2.15 bits per heavy atom. The number of Topliss-reactive ketones (excluding diaryl/α,β-unsaturated/α-hetero) is 1. The number of hydrogen-bond acceptors (Lipinski definition) is 6. The second-order valence-corrected chi connectivity index (χ2v) is 9.34. The van der Waals surface area contributed by atoms with Gasteiger partial charge in [0.05, 0.1) is 19.3 Å². The van der Waals surface area contributed by atoms with E-state index in [4.69, 9.17) is 9.47 Å². The average Bonchev–Trinajstić information content (AvgIpc) is 3.59. The van der Waals surface area contributed by atoms with E-state index in [0.717, 1.165) is 58.2 Å². The first-order valence-corrected chi connectivity index (χ1v) is 12.6. The molecule has 34 heavy (non-hydrogen) atoms. The minimum atomic E-state index is 0.0393. The predicted octanol–water partition coefficient (Wildman–Crippen LogP) is 5.50. The molecule has 1 aliphatic heterocycles. The molecule has 2 aromatic carbocycles. The SMILES string of the molecule is CCOc1ccc(C(C)=O)cc1CSc1nnc(-c2c[nH]c3ccccc23)n1CC1CCCO1. The van der Waals surface area contributed by atoms with Gasteiger partial charge in [0.2, 0.25) is 0 Å². The van der Waals surface area contributed by atoms with Crippen LogP contribution in [-0.4, -0.2) is 44.8 Å². The maximum absolute atomic E-state index is 11.9. The summed E-state index contributed by atoms with van der Waals surface area (Å²) < 4.78 is 13.9. The highest BCUT2D eigenvalue weighted by atomic mass is 32.2. The lowest BCUT2D eigenvalue weighted by molar-refractivity contribution is 0.0953. The Labute approximate surface area is 202 Å². The van der Waals surface area contributed by atoms with E-state index in [-0.39, 0.29) is 11.9 Å². The number of nitrogens with one attached hydrogen (secondary N) is 1. The number of aromatic nitrogens is 4. The van der Waals surface area contributed by atoms with Crippen LogP contribution in [0.25, 0.3) is 22.3 Å². The molecule has 3 heterocycles. The highest BCUT2D eigenvalue weighted by Crippen LogP contribution is 2.34. The lowest BCUT2D eigenvalue weighted by Crippen LogP contribution is -2.16. The lowest BCUT2D eigenvalue weighted by Gasteiger charge is -2.15. The summed E-state index contributed by atoms with van der Waals surface area (Å²) in [5.74, 6) is 2.28. The molecule has 0 aliphatic carbocycles. The molecule has 0 saturated carbocycles. The fraction of sp³-hybridized carbons (Fsp3) is 0.346. The molecule has 4 aromatic rings. The van der Waals surface area contributed by atoms with Crippen molar-refractivity contribution in [2.24, 2.45) is 0 Å². The minimum absolute atomic E-state index is 0.0393. The molecule has 0 radical (unpaired) electrons. The van der Waals surface area contributed by atoms with E-state index in [1.807, 2.05) is 43.5 Å². The van der Waals surface area contributed by atoms with Crippen molar-refractivity contribution in [3.05, 3.63) is 59.8 Å². The summed E-state index contributed by atoms with van der Waals surface area (Å²) in [5, 5.41) is 11.1. The second-order valence-electron chi connectivity index (χ2n) is 8.40. The molecule has 1 fully saturated rings. The van der Waals surface area contributed by atoms with Crippen LogP contribution in [0, 0.1) is 0 Å². The summed E-state index contributed by atoms with van der Waals surface area (Å²) in [6.45, 7) is 5.61. The number of rotatable bonds is 9. The van der Waals surface area contributed by atoms with Crippen molar-refractivity contribution >= 4 is 28.4 Å². The Balaban J connectivity index is 1.48. The van der Waals surface area contributed by atoms with Crippen molar-refractivity contribution < 1.29 is 14.3 Å². The van der Waals surface area contributed by atoms with Crippen LogP contribution in [0.15, 0.2) is 53.8 Å². The van der Waals surface area contributed by atoms with Gasteiger partial charge < -0.3 is 14.5 Å². The monoisotopic (exact) mass is 476 g/mol. The van der Waals surface area contributed by atoms with Crippen molar-refractivity contribution in [2.45, 2.75) is 50.2 Å². The Morgan fingerprint density at radius 1 is 1.26 bits per heavy atom. The number of ketones is 1. The smallest absolute Gasteiger partial charge is 0.191 e. The largest absolute Gasteiger partial charge is 0.494 e. The molecule has 0 spiro atoms. The van der Waals surface area contributed by atoms with Gasteiger partial charge in [-0.2, -0.15) is 0 Å². The predicted molar refractivity (Wildman–Crippen MR) is 133 cm³/mol. The Hall–Kier alpha value is -3.10. The van der Waals surface area contributed by atoms with Crippen LogP contribution < -0.4 is 4.74 Å². The van der Waals surface area contributed by atoms with Gasteiger partial charge in [0.1, 0.15) is 5.75 Å². The maximum Gasteiger partial charge on any atom is 0.191 e. The molecule has 1 unspecified atom stereocenters. The molecule has 0 bridgehead atoms. The van der Waals surface area contributed by atoms with E-state index in [1.165, 1.54) is 0 Å². The van der Waals surface area contributed by atoms with Crippen LogP contribution in [-0.2, 0) is 17.0 Å². The number of benzene rings is 2. The number of carbonyl (C=O) groups excluding carboxylic acids is 1. The van der Waals surface area contributed by atoms with Crippen LogP contribution in [0.5, 0.6) is 5.75 Å². The number of para-hydroxylation sites is 1. The minimum Gasteiger partial charge on any atom is -0.494 e. The number of aromatic amines is 1. The summed E-state index contributed by atoms with van der Waals surface area (Å²) in [7, 11) is 0. The molecule has 1 N–H and O–H groups in total. The van der Waals surface area contributed by atoms with Crippen molar-refractivity contribution in [2.75, 3.05) is 13.2 Å². The number of hydrogen-bond donors (Lipinski definition) is 1. The molecule has 0 amide bonds. The van der Waals surface area contributed by atoms with Gasteiger partial charge in [-0.05, 0) is 51.0 Å². The van der Waals surface area contributed by atoms with E-state index in [1.54, 1.807) is 18.7 Å². The zero-order valence-corrected chi connectivity index (χ0v) is 20.2. The zero-order valence-electron chi connectivity index (χ0n) is 19.4. The van der Waals surface area contributed by atoms with Gasteiger partial charge in [0.15, 0.2) is 16.8 Å². The van der Waals surface area contributed by atoms with Gasteiger partial charge in [-0.3, -0.25) is 9.36 Å². The molecule has 1 saturated heterocycles. The van der Waals surface area contributed by atoms with Gasteiger partial charge in [-0.15, -0.1) is 10.2 Å². The third-order valence-corrected chi connectivity index (χ3v) is 7.10. The molecular formula is C26H28N4O3S. The Bertz CT molecular complexity index is 1310. The van der Waals surface area contributed by atoms with Gasteiger partial charge in [-0.1, -0.05) is 30.0 Å². The van der Waals surface area contributed by atoms with Gasteiger partial charge in [0, 0.05) is 46.1 Å². The van der Waals surface area contributed by atoms with E-state index < -0.39 is 0 Å². The van der Waals surface area contributed by atoms with E-state index in [0.29, 0.717) is 24.5 Å². The number of nitrogens with zero attached hydrogens (tertiary/aromatic N) is 3. The first kappa shape index (κ1) is 22.7. The topological polar surface area (TPSA) is 82.0 Å². The second kappa shape index (κ2) is 10.0. The van der Waals surface area contributed by atoms with Crippen molar-refractivity contribution in [3.8, 4) is 17.1 Å². The third kappa shape index (κ3) is 4.60. The van der Waals surface area contributed by atoms with E-state index >= 15 is 0 Å². The number of fused-ring (bicyclic) bond motifs is 1. The summed E-state index contributed by atoms with van der Waals surface area (Å²) in [4.78, 5) is 15.3. The molecule has 1 atom stereocenters. The first-order valence-electron chi connectivity index (χ1n) is 11.6. The summed E-state index contributed by atoms with van der Waals surface area (Å²) in [6.07, 6.45) is 4.26. The van der Waals surface area contributed by atoms with Crippen LogP contribution >= 0.6 is 11.8 Å². The fourth-order valence-corrected chi connectivity index (χ4v) is 5.28. The first-order chi connectivity index (χ1) is 16.6. The van der Waals surface area contributed by atoms with Crippen LogP contribution in [0.1, 0.15) is 42.6 Å². The molecule has 2 aromatic heterocycles.